The summed E-state index contributed by atoms with van der Waals surface area (Å²) >= 11 is 0. The molecule has 9 heavy (non-hydrogen) atoms. The molecule has 0 aliphatic carbocycles. The molecule has 0 aromatic rings. The van der Waals surface area contributed by atoms with Crippen LogP contribution in [0.5, 0.6) is 0 Å². The topological polar surface area (TPSA) is 66.4 Å². The van der Waals surface area contributed by atoms with E-state index in [9.17, 15) is 9.59 Å². The first-order chi connectivity index (χ1) is 4.13. The lowest BCUT2D eigenvalue weighted by atomic mass is 10.6. The number of amides is 2. The minimum absolute atomic E-state index is 0.312. The molecule has 0 atom stereocenters. The van der Waals surface area contributed by atoms with Gasteiger partial charge >= 0.3 is 0 Å². The normalized spacial score (nSPS) is 6.67. The molecule has 0 saturated carbocycles. The van der Waals surface area contributed by atoms with E-state index in [4.69, 9.17) is 5.11 Å². The van der Waals surface area contributed by atoms with Crippen LogP contribution >= 0.6 is 0 Å². The average Bonchev–Trinajstić information content (AvgIpc) is 1.68. The van der Waals surface area contributed by atoms with Crippen LogP contribution in [0.3, 0.4) is 0 Å². The van der Waals surface area contributed by atoms with Gasteiger partial charge in [-0.3, -0.25) is 14.9 Å². The zero-order valence-corrected chi connectivity index (χ0v) is 5.76. The minimum atomic E-state index is -0.312. The second-order valence-corrected chi connectivity index (χ2v) is 1.24. The number of carbonyl (C=O) groups is 2. The van der Waals surface area contributed by atoms with Gasteiger partial charge in [0.2, 0.25) is 11.8 Å². The molecule has 0 heterocycles. The highest BCUT2D eigenvalue weighted by Gasteiger charge is 1.90. The van der Waals surface area contributed by atoms with Crippen molar-refractivity contribution in [2.75, 3.05) is 7.11 Å². The van der Waals surface area contributed by atoms with Crippen LogP contribution in [0.4, 0.5) is 0 Å². The van der Waals surface area contributed by atoms with Crippen LogP contribution in [0.25, 0.3) is 0 Å². The number of aliphatic hydroxyl groups excluding tert-OH is 1. The van der Waals surface area contributed by atoms with Crippen molar-refractivity contribution in [3.8, 4) is 0 Å². The number of carbonyl (C=O) groups excluding carboxylic acids is 2. The Balaban J connectivity index is 0. The fraction of sp³-hybridized carbons (Fsp3) is 0.600. The standard InChI is InChI=1S/C4H7NO2.CH4O/c1-3(6)5-4(2)7;1-2/h1-2H3,(H,5,6,7);2H,1H3. The molecule has 0 bridgehead atoms. The first kappa shape index (κ1) is 11.0. The molecule has 0 aliphatic rings. The molecule has 0 aliphatic heterocycles. The van der Waals surface area contributed by atoms with E-state index < -0.39 is 0 Å². The van der Waals surface area contributed by atoms with Crippen LogP contribution in [0.2, 0.25) is 0 Å². The van der Waals surface area contributed by atoms with Gasteiger partial charge in [0, 0.05) is 21.0 Å². The maximum atomic E-state index is 9.92. The Morgan fingerprint density at radius 2 is 1.33 bits per heavy atom. The Kier molecular flexibility index (Phi) is 8.66. The fourth-order valence-electron chi connectivity index (χ4n) is 0.248. The van der Waals surface area contributed by atoms with Gasteiger partial charge in [0.05, 0.1) is 0 Å². The third-order valence-electron chi connectivity index (χ3n) is 0.352. The number of aliphatic hydroxyl groups is 1. The Bertz CT molecular complexity index is 88.4. The van der Waals surface area contributed by atoms with Gasteiger partial charge in [-0.2, -0.15) is 0 Å². The first-order valence-electron chi connectivity index (χ1n) is 2.36. The van der Waals surface area contributed by atoms with Crippen LogP contribution in [0, 0.1) is 0 Å². The Hall–Kier alpha value is -0.900. The predicted molar refractivity (Wildman–Crippen MR) is 32.6 cm³/mol. The molecule has 0 spiro atoms. The van der Waals surface area contributed by atoms with Crippen molar-refractivity contribution in [1.29, 1.82) is 0 Å². The lowest BCUT2D eigenvalue weighted by molar-refractivity contribution is -0.127. The molecule has 0 unspecified atom stereocenters. The SMILES string of the molecule is CC(=O)NC(C)=O.CO. The number of nitrogens with one attached hydrogen (secondary N) is 1. The molecule has 2 N–H and O–H groups in total. The molecule has 0 aromatic heterocycles. The maximum Gasteiger partial charge on any atom is 0.223 e. The monoisotopic (exact) mass is 133 g/mol. The predicted octanol–water partition coefficient (Wildman–Crippen LogP) is -0.722. The summed E-state index contributed by atoms with van der Waals surface area (Å²) in [7, 11) is 1.00. The summed E-state index contributed by atoms with van der Waals surface area (Å²) in [4.78, 5) is 19.8. The van der Waals surface area contributed by atoms with Crippen molar-refractivity contribution < 1.29 is 14.7 Å². The zero-order valence-electron chi connectivity index (χ0n) is 5.76. The summed E-state index contributed by atoms with van der Waals surface area (Å²) in [5.74, 6) is -0.625. The zero-order chi connectivity index (χ0) is 7.86. The van der Waals surface area contributed by atoms with Crippen LogP contribution < -0.4 is 5.32 Å². The molecule has 0 saturated heterocycles. The molecule has 0 fully saturated rings. The van der Waals surface area contributed by atoms with Gasteiger partial charge in [-0.1, -0.05) is 0 Å². The third-order valence-corrected chi connectivity index (χ3v) is 0.352. The van der Waals surface area contributed by atoms with E-state index in [0.717, 1.165) is 7.11 Å². The highest BCUT2D eigenvalue weighted by molar-refractivity contribution is 5.92. The second-order valence-electron chi connectivity index (χ2n) is 1.24. The molecular weight excluding hydrogens is 122 g/mol. The lowest BCUT2D eigenvalue weighted by Crippen LogP contribution is -2.24. The van der Waals surface area contributed by atoms with Crippen molar-refractivity contribution in [3.63, 3.8) is 0 Å². The largest absolute Gasteiger partial charge is 0.400 e. The van der Waals surface area contributed by atoms with Crippen LogP contribution in [0.15, 0.2) is 0 Å². The molecule has 0 aromatic carbocycles. The maximum absolute atomic E-state index is 9.92. The third kappa shape index (κ3) is 19.2. The number of rotatable bonds is 0. The van der Waals surface area contributed by atoms with Crippen LogP contribution in [-0.2, 0) is 9.59 Å². The van der Waals surface area contributed by atoms with Crippen molar-refractivity contribution >= 4 is 11.8 Å². The van der Waals surface area contributed by atoms with E-state index in [1.807, 2.05) is 5.32 Å². The van der Waals surface area contributed by atoms with E-state index in [1.165, 1.54) is 13.8 Å². The van der Waals surface area contributed by atoms with E-state index >= 15 is 0 Å². The minimum Gasteiger partial charge on any atom is -0.400 e. The summed E-state index contributed by atoms with van der Waals surface area (Å²) in [6, 6.07) is 0. The first-order valence-corrected chi connectivity index (χ1v) is 2.36. The lowest BCUT2D eigenvalue weighted by Gasteiger charge is -1.88. The Labute approximate surface area is 53.9 Å². The van der Waals surface area contributed by atoms with E-state index in [2.05, 4.69) is 0 Å². The smallest absolute Gasteiger partial charge is 0.223 e. The van der Waals surface area contributed by atoms with Crippen molar-refractivity contribution in [3.05, 3.63) is 0 Å². The van der Waals surface area contributed by atoms with Gasteiger partial charge < -0.3 is 5.11 Å². The van der Waals surface area contributed by atoms with E-state index in [0.29, 0.717) is 0 Å². The molecule has 0 radical (unpaired) electrons. The van der Waals surface area contributed by atoms with Crippen molar-refractivity contribution in [1.82, 2.24) is 5.32 Å². The number of hydrogen-bond acceptors (Lipinski definition) is 3. The number of imide groups is 1. The van der Waals surface area contributed by atoms with Gasteiger partial charge in [0.25, 0.3) is 0 Å². The second kappa shape index (κ2) is 7.10. The van der Waals surface area contributed by atoms with E-state index in [-0.39, 0.29) is 11.8 Å². The van der Waals surface area contributed by atoms with Crippen LogP contribution in [0.1, 0.15) is 13.8 Å². The molecular formula is C5H11NO3. The van der Waals surface area contributed by atoms with Crippen molar-refractivity contribution in [2.24, 2.45) is 0 Å². The van der Waals surface area contributed by atoms with Crippen molar-refractivity contribution in [2.45, 2.75) is 13.8 Å². The average molecular weight is 133 g/mol. The summed E-state index contributed by atoms with van der Waals surface area (Å²) in [6.07, 6.45) is 0. The van der Waals surface area contributed by atoms with Gasteiger partial charge in [-0.15, -0.1) is 0 Å². The van der Waals surface area contributed by atoms with Gasteiger partial charge in [0.1, 0.15) is 0 Å². The van der Waals surface area contributed by atoms with Gasteiger partial charge in [-0.25, -0.2) is 0 Å². The van der Waals surface area contributed by atoms with Gasteiger partial charge in [0.15, 0.2) is 0 Å². The Morgan fingerprint density at radius 1 is 1.11 bits per heavy atom. The highest BCUT2D eigenvalue weighted by atomic mass is 16.2. The quantitative estimate of drug-likeness (QED) is 0.458. The molecule has 2 amide bonds. The van der Waals surface area contributed by atoms with Gasteiger partial charge in [-0.05, 0) is 0 Å². The molecule has 4 heteroatoms. The molecule has 4 nitrogen and oxygen atoms in total. The summed E-state index contributed by atoms with van der Waals surface area (Å²) in [5, 5.41) is 9.03. The number of hydrogen-bond donors (Lipinski definition) is 2. The molecule has 54 valence electrons. The molecule has 0 rings (SSSR count). The summed E-state index contributed by atoms with van der Waals surface area (Å²) in [5.41, 5.74) is 0. The fourth-order valence-corrected chi connectivity index (χ4v) is 0.248. The summed E-state index contributed by atoms with van der Waals surface area (Å²) < 4.78 is 0. The highest BCUT2D eigenvalue weighted by Crippen LogP contribution is 1.58. The Morgan fingerprint density at radius 3 is 1.33 bits per heavy atom. The van der Waals surface area contributed by atoms with Crippen LogP contribution in [-0.4, -0.2) is 24.0 Å². The summed E-state index contributed by atoms with van der Waals surface area (Å²) in [6.45, 7) is 2.59. The van der Waals surface area contributed by atoms with E-state index in [1.54, 1.807) is 0 Å².